The zero-order valence-electron chi connectivity index (χ0n) is 21.8. The van der Waals surface area contributed by atoms with E-state index >= 15 is 0 Å². The fraction of sp³-hybridized carbons (Fsp3) is 0.731. The number of ether oxygens (including phenoxy) is 1. The molecule has 1 aliphatic heterocycles. The van der Waals surface area contributed by atoms with E-state index in [9.17, 15) is 31.1 Å². The lowest BCUT2D eigenvalue weighted by Crippen LogP contribution is -2.43. The molecular formula is C26H40F6N2O2. The molecule has 1 heterocycles. The molecule has 0 aromatic heterocycles. The van der Waals surface area contributed by atoms with Gasteiger partial charge in [0.25, 0.3) is 0 Å². The molecule has 1 aromatic rings. The third kappa shape index (κ3) is 10.7. The van der Waals surface area contributed by atoms with E-state index < -0.39 is 30.0 Å². The molecule has 0 radical (unpaired) electrons. The van der Waals surface area contributed by atoms with Crippen LogP contribution < -0.4 is 10.6 Å². The number of halogens is 6. The average Bonchev–Trinajstić information content (AvgIpc) is 3.26. The first-order chi connectivity index (χ1) is 16.8. The van der Waals surface area contributed by atoms with Gasteiger partial charge < -0.3 is 15.4 Å². The van der Waals surface area contributed by atoms with Crippen LogP contribution in [-0.2, 0) is 28.4 Å². The number of carbonyl (C=O) groups excluding carboxylic acids is 1. The number of rotatable bonds is 5. The van der Waals surface area contributed by atoms with Gasteiger partial charge in [0.15, 0.2) is 0 Å². The van der Waals surface area contributed by atoms with Crippen LogP contribution in [0, 0.1) is 5.92 Å². The molecule has 2 aliphatic rings. The topological polar surface area (TPSA) is 50.4 Å². The van der Waals surface area contributed by atoms with E-state index in [1.165, 1.54) is 6.42 Å². The quantitative estimate of drug-likeness (QED) is 0.402. The van der Waals surface area contributed by atoms with Gasteiger partial charge in [0.2, 0.25) is 5.91 Å². The van der Waals surface area contributed by atoms with Crippen LogP contribution in [0.15, 0.2) is 18.2 Å². The van der Waals surface area contributed by atoms with Crippen molar-refractivity contribution in [3.05, 3.63) is 34.9 Å². The summed E-state index contributed by atoms with van der Waals surface area (Å²) >= 11 is 0. The number of amides is 1. The number of nitrogens with one attached hydrogen (secondary N) is 2. The minimum atomic E-state index is -4.91. The molecule has 2 fully saturated rings. The Morgan fingerprint density at radius 3 is 1.94 bits per heavy atom. The Balaban J connectivity index is 0.00000120. The number of hydrogen-bond donors (Lipinski definition) is 2. The van der Waals surface area contributed by atoms with E-state index in [4.69, 9.17) is 4.74 Å². The van der Waals surface area contributed by atoms with Gasteiger partial charge in [-0.3, -0.25) is 4.79 Å². The summed E-state index contributed by atoms with van der Waals surface area (Å²) in [6.45, 7) is 10.6. The van der Waals surface area contributed by atoms with Gasteiger partial charge in [-0.2, -0.15) is 26.3 Å². The second-order valence-electron chi connectivity index (χ2n) is 9.12. The molecule has 4 nitrogen and oxygen atoms in total. The molecule has 1 aliphatic carbocycles. The monoisotopic (exact) mass is 526 g/mol. The normalized spacial score (nSPS) is 24.2. The van der Waals surface area contributed by atoms with Crippen molar-refractivity contribution in [3.8, 4) is 0 Å². The Morgan fingerprint density at radius 2 is 1.44 bits per heavy atom. The third-order valence-electron chi connectivity index (χ3n) is 5.87. The number of hydrogen-bond acceptors (Lipinski definition) is 3. The van der Waals surface area contributed by atoms with Crippen LogP contribution in [0.1, 0.15) is 89.8 Å². The second kappa shape index (κ2) is 14.8. The Bertz CT molecular complexity index is 765. The van der Waals surface area contributed by atoms with Crippen molar-refractivity contribution in [1.82, 2.24) is 10.6 Å². The van der Waals surface area contributed by atoms with Gasteiger partial charge in [0.05, 0.1) is 17.2 Å². The molecule has 36 heavy (non-hydrogen) atoms. The first kappa shape index (κ1) is 32.2. The van der Waals surface area contributed by atoms with Crippen molar-refractivity contribution in [1.29, 1.82) is 0 Å². The van der Waals surface area contributed by atoms with Crippen molar-refractivity contribution in [2.45, 2.75) is 110 Å². The highest BCUT2D eigenvalue weighted by Crippen LogP contribution is 2.36. The van der Waals surface area contributed by atoms with Crippen molar-refractivity contribution >= 4 is 5.91 Å². The number of benzene rings is 1. The van der Waals surface area contributed by atoms with Gasteiger partial charge in [-0.15, -0.1) is 0 Å². The minimum Gasteiger partial charge on any atom is -0.378 e. The highest BCUT2D eigenvalue weighted by molar-refractivity contribution is 5.79. The largest absolute Gasteiger partial charge is 0.416 e. The van der Waals surface area contributed by atoms with Crippen molar-refractivity contribution in [2.75, 3.05) is 6.61 Å². The minimum absolute atomic E-state index is 0.0791. The van der Waals surface area contributed by atoms with E-state index in [0.29, 0.717) is 37.6 Å². The SMILES string of the molecule is CC.CC1CC(NC2CC[C@H](C(=O)NCc3cc(C(F)(F)F)cc(C(F)(F)F)c3)C2)CCO1.CCC. The Kier molecular flexibility index (Phi) is 13.3. The summed E-state index contributed by atoms with van der Waals surface area (Å²) in [5.74, 6) is -0.668. The maximum Gasteiger partial charge on any atom is 0.416 e. The van der Waals surface area contributed by atoms with Gasteiger partial charge in [0, 0.05) is 31.2 Å². The fourth-order valence-corrected chi connectivity index (χ4v) is 4.31. The average molecular weight is 527 g/mol. The van der Waals surface area contributed by atoms with E-state index in [2.05, 4.69) is 24.5 Å². The van der Waals surface area contributed by atoms with Crippen LogP contribution >= 0.6 is 0 Å². The number of carbonyl (C=O) groups is 1. The summed E-state index contributed by atoms with van der Waals surface area (Å²) in [5, 5.41) is 6.05. The van der Waals surface area contributed by atoms with Crippen molar-refractivity contribution in [2.24, 2.45) is 5.92 Å². The molecule has 3 rings (SSSR count). The standard InChI is InChI=1S/C21H26F6N2O2.C3H8.C2H6/c1-12-6-18(4-5-31-12)29-17-3-2-14(9-17)19(30)28-11-13-7-15(20(22,23)24)10-16(8-13)21(25,26)27;1-3-2;1-2/h7-8,10,12,14,17-18,29H,2-6,9,11H2,1H3,(H,28,30);3H2,1-2H3;1-2H3/t12?,14-,17?,18?;;/m0../s1. The van der Waals surface area contributed by atoms with E-state index in [1.807, 2.05) is 20.8 Å². The lowest BCUT2D eigenvalue weighted by molar-refractivity contribution is -0.143. The zero-order chi connectivity index (χ0) is 27.5. The molecule has 10 heteroatoms. The first-order valence-corrected chi connectivity index (χ1v) is 12.8. The maximum atomic E-state index is 13.0. The Labute approximate surface area is 210 Å². The van der Waals surface area contributed by atoms with Gasteiger partial charge in [-0.1, -0.05) is 34.1 Å². The van der Waals surface area contributed by atoms with Crippen LogP contribution in [0.25, 0.3) is 0 Å². The molecule has 2 N–H and O–H groups in total. The molecule has 3 unspecified atom stereocenters. The predicted molar refractivity (Wildman–Crippen MR) is 128 cm³/mol. The third-order valence-corrected chi connectivity index (χ3v) is 5.87. The smallest absolute Gasteiger partial charge is 0.378 e. The highest BCUT2D eigenvalue weighted by atomic mass is 19.4. The van der Waals surface area contributed by atoms with E-state index in [1.54, 1.807) is 0 Å². The molecule has 1 saturated heterocycles. The fourth-order valence-electron chi connectivity index (χ4n) is 4.31. The van der Waals surface area contributed by atoms with Gasteiger partial charge in [0.1, 0.15) is 0 Å². The van der Waals surface area contributed by atoms with Crippen molar-refractivity contribution < 1.29 is 35.9 Å². The highest BCUT2D eigenvalue weighted by Gasteiger charge is 2.37. The number of alkyl halides is 6. The Morgan fingerprint density at radius 1 is 0.917 bits per heavy atom. The summed E-state index contributed by atoms with van der Waals surface area (Å²) < 4.78 is 83.3. The summed E-state index contributed by atoms with van der Waals surface area (Å²) in [4.78, 5) is 12.5. The Hall–Kier alpha value is -1.81. The van der Waals surface area contributed by atoms with Gasteiger partial charge in [-0.25, -0.2) is 0 Å². The molecule has 1 amide bonds. The first-order valence-electron chi connectivity index (χ1n) is 12.8. The predicted octanol–water partition coefficient (Wildman–Crippen LogP) is 7.11. The van der Waals surface area contributed by atoms with E-state index in [0.717, 1.165) is 19.3 Å². The molecule has 0 spiro atoms. The molecular weight excluding hydrogens is 486 g/mol. The summed E-state index contributed by atoms with van der Waals surface area (Å²) in [7, 11) is 0. The summed E-state index contributed by atoms with van der Waals surface area (Å²) in [5.41, 5.74) is -3.01. The van der Waals surface area contributed by atoms with Gasteiger partial charge in [-0.05, 0) is 62.8 Å². The molecule has 0 bridgehead atoms. The zero-order valence-corrected chi connectivity index (χ0v) is 21.8. The lowest BCUT2D eigenvalue weighted by Gasteiger charge is -2.30. The van der Waals surface area contributed by atoms with Crippen molar-refractivity contribution in [3.63, 3.8) is 0 Å². The van der Waals surface area contributed by atoms with Crippen LogP contribution in [0.5, 0.6) is 0 Å². The van der Waals surface area contributed by atoms with Crippen LogP contribution in [0.2, 0.25) is 0 Å². The maximum absolute atomic E-state index is 13.0. The van der Waals surface area contributed by atoms with Crippen LogP contribution in [0.3, 0.4) is 0 Å². The second-order valence-corrected chi connectivity index (χ2v) is 9.12. The van der Waals surface area contributed by atoms with Gasteiger partial charge >= 0.3 is 12.4 Å². The molecule has 4 atom stereocenters. The lowest BCUT2D eigenvalue weighted by atomic mass is 10.0. The van der Waals surface area contributed by atoms with Crippen LogP contribution in [0.4, 0.5) is 26.3 Å². The molecule has 1 saturated carbocycles. The van der Waals surface area contributed by atoms with Crippen LogP contribution in [-0.4, -0.2) is 30.7 Å². The summed E-state index contributed by atoms with van der Waals surface area (Å²) in [6.07, 6.45) is -4.59. The molecule has 1 aromatic carbocycles. The molecule has 208 valence electrons. The van der Waals surface area contributed by atoms with E-state index in [-0.39, 0.29) is 35.6 Å². The summed E-state index contributed by atoms with van der Waals surface area (Å²) in [6, 6.07) is 1.84.